The SMILES string of the molecule is COCCCn1c([C@@H]2CCCN(C(=O)C[C@@H](N)CNC(=O)c3ccc(Cl)cc3)C2)nc2ccccc21. The summed E-state index contributed by atoms with van der Waals surface area (Å²) in [5, 5.41) is 3.38. The number of amides is 2. The fourth-order valence-electron chi connectivity index (χ4n) is 4.77. The number of carbonyl (C=O) groups is 2. The van der Waals surface area contributed by atoms with Gasteiger partial charge in [0.25, 0.3) is 5.91 Å². The zero-order valence-electron chi connectivity index (χ0n) is 20.7. The molecule has 192 valence electrons. The summed E-state index contributed by atoms with van der Waals surface area (Å²) < 4.78 is 7.54. The number of hydrogen-bond acceptors (Lipinski definition) is 5. The molecule has 1 fully saturated rings. The van der Waals surface area contributed by atoms with Gasteiger partial charge < -0.3 is 25.3 Å². The number of halogens is 1. The van der Waals surface area contributed by atoms with Gasteiger partial charge in [-0.15, -0.1) is 0 Å². The molecule has 0 saturated carbocycles. The number of imidazole rings is 1. The lowest BCUT2D eigenvalue weighted by molar-refractivity contribution is -0.132. The standard InChI is InChI=1S/C27H34ClN5O3/c1-36-15-5-14-33-24-8-3-2-7-23(24)31-26(33)20-6-4-13-32(18-20)25(34)16-22(29)17-30-27(35)19-9-11-21(28)12-10-19/h2-3,7-12,20,22H,4-6,13-18,29H2,1H3,(H,30,35)/t20-,22-/m1/s1. The average Bonchev–Trinajstić information content (AvgIpc) is 3.26. The Kier molecular flexibility index (Phi) is 8.96. The van der Waals surface area contributed by atoms with E-state index in [4.69, 9.17) is 27.1 Å². The van der Waals surface area contributed by atoms with Crippen LogP contribution in [0.3, 0.4) is 0 Å². The molecular weight excluding hydrogens is 478 g/mol. The van der Waals surface area contributed by atoms with Crippen LogP contribution in [0.2, 0.25) is 5.02 Å². The summed E-state index contributed by atoms with van der Waals surface area (Å²) in [5.74, 6) is 0.970. The highest BCUT2D eigenvalue weighted by Gasteiger charge is 2.29. The monoisotopic (exact) mass is 511 g/mol. The minimum Gasteiger partial charge on any atom is -0.385 e. The van der Waals surface area contributed by atoms with E-state index in [-0.39, 0.29) is 30.7 Å². The first-order valence-corrected chi connectivity index (χ1v) is 12.8. The predicted molar refractivity (Wildman–Crippen MR) is 141 cm³/mol. The summed E-state index contributed by atoms with van der Waals surface area (Å²) in [5.41, 5.74) is 8.81. The second kappa shape index (κ2) is 12.3. The Labute approximate surface area is 216 Å². The van der Waals surface area contributed by atoms with Crippen molar-refractivity contribution in [1.29, 1.82) is 0 Å². The molecule has 0 unspecified atom stereocenters. The van der Waals surface area contributed by atoms with Gasteiger partial charge in [0, 0.05) is 68.9 Å². The minimum atomic E-state index is -0.465. The Balaban J connectivity index is 1.36. The molecule has 2 aromatic carbocycles. The largest absolute Gasteiger partial charge is 0.385 e. The summed E-state index contributed by atoms with van der Waals surface area (Å²) in [4.78, 5) is 32.3. The summed E-state index contributed by atoms with van der Waals surface area (Å²) in [6, 6.07) is 14.4. The van der Waals surface area contributed by atoms with Gasteiger partial charge in [-0.05, 0) is 55.7 Å². The smallest absolute Gasteiger partial charge is 0.251 e. The van der Waals surface area contributed by atoms with Crippen molar-refractivity contribution in [3.05, 3.63) is 64.9 Å². The molecule has 8 nitrogen and oxygen atoms in total. The molecule has 0 bridgehead atoms. The van der Waals surface area contributed by atoms with E-state index in [1.165, 1.54) is 0 Å². The summed E-state index contributed by atoms with van der Waals surface area (Å²) >= 11 is 5.88. The van der Waals surface area contributed by atoms with Crippen molar-refractivity contribution in [2.45, 2.75) is 44.2 Å². The van der Waals surface area contributed by atoms with Crippen molar-refractivity contribution in [2.75, 3.05) is 33.4 Å². The highest BCUT2D eigenvalue weighted by atomic mass is 35.5. The Morgan fingerprint density at radius 2 is 2.00 bits per heavy atom. The molecular formula is C27H34ClN5O3. The average molecular weight is 512 g/mol. The number of nitrogens with zero attached hydrogens (tertiary/aromatic N) is 3. The number of likely N-dealkylation sites (tertiary alicyclic amines) is 1. The van der Waals surface area contributed by atoms with Gasteiger partial charge in [0.1, 0.15) is 5.82 Å². The van der Waals surface area contributed by atoms with Gasteiger partial charge in [0.05, 0.1) is 11.0 Å². The highest BCUT2D eigenvalue weighted by molar-refractivity contribution is 6.30. The van der Waals surface area contributed by atoms with Crippen LogP contribution in [0.4, 0.5) is 0 Å². The van der Waals surface area contributed by atoms with Crippen molar-refractivity contribution >= 4 is 34.4 Å². The molecule has 0 spiro atoms. The number of fused-ring (bicyclic) bond motifs is 1. The number of methoxy groups -OCH3 is 1. The van der Waals surface area contributed by atoms with Crippen molar-refractivity contribution in [1.82, 2.24) is 19.8 Å². The first-order valence-electron chi connectivity index (χ1n) is 12.5. The fraction of sp³-hybridized carbons (Fsp3) is 0.444. The molecule has 4 rings (SSSR count). The van der Waals surface area contributed by atoms with Crippen LogP contribution < -0.4 is 11.1 Å². The van der Waals surface area contributed by atoms with Gasteiger partial charge in [-0.2, -0.15) is 0 Å². The fourth-order valence-corrected chi connectivity index (χ4v) is 4.90. The zero-order valence-corrected chi connectivity index (χ0v) is 21.4. The van der Waals surface area contributed by atoms with E-state index in [1.54, 1.807) is 31.4 Å². The molecule has 3 N–H and O–H groups in total. The van der Waals surface area contributed by atoms with E-state index in [0.29, 0.717) is 30.3 Å². The third-order valence-electron chi connectivity index (χ3n) is 6.62. The molecule has 2 amide bonds. The zero-order chi connectivity index (χ0) is 25.5. The number of carbonyl (C=O) groups excluding carboxylic acids is 2. The summed E-state index contributed by atoms with van der Waals surface area (Å²) in [7, 11) is 1.71. The Morgan fingerprint density at radius 3 is 2.78 bits per heavy atom. The Hall–Kier alpha value is -2.94. The van der Waals surface area contributed by atoms with Crippen LogP contribution in [0.1, 0.15) is 47.8 Å². The van der Waals surface area contributed by atoms with Crippen LogP contribution in [0, 0.1) is 0 Å². The number of aryl methyl sites for hydroxylation is 1. The van der Waals surface area contributed by atoms with Crippen molar-refractivity contribution in [3.63, 3.8) is 0 Å². The molecule has 1 aromatic heterocycles. The summed E-state index contributed by atoms with van der Waals surface area (Å²) in [6.45, 7) is 3.07. The molecule has 0 radical (unpaired) electrons. The molecule has 0 aliphatic carbocycles. The van der Waals surface area contributed by atoms with Crippen LogP contribution in [0.15, 0.2) is 48.5 Å². The molecule has 9 heteroatoms. The van der Waals surface area contributed by atoms with Gasteiger partial charge in [0.15, 0.2) is 0 Å². The van der Waals surface area contributed by atoms with Crippen LogP contribution >= 0.6 is 11.6 Å². The van der Waals surface area contributed by atoms with Crippen LogP contribution in [-0.2, 0) is 16.1 Å². The van der Waals surface area contributed by atoms with Crippen molar-refractivity contribution in [3.8, 4) is 0 Å². The van der Waals surface area contributed by atoms with Crippen LogP contribution in [0.5, 0.6) is 0 Å². The highest BCUT2D eigenvalue weighted by Crippen LogP contribution is 2.30. The maximum atomic E-state index is 13.1. The quantitative estimate of drug-likeness (QED) is 0.405. The number of aromatic nitrogens is 2. The van der Waals surface area contributed by atoms with Crippen LogP contribution in [0.25, 0.3) is 11.0 Å². The van der Waals surface area contributed by atoms with Crippen molar-refractivity contribution in [2.24, 2.45) is 5.73 Å². The lowest BCUT2D eigenvalue weighted by atomic mass is 9.96. The number of benzene rings is 2. The minimum absolute atomic E-state index is 0.00925. The number of nitrogens with two attached hydrogens (primary N) is 1. The molecule has 36 heavy (non-hydrogen) atoms. The maximum Gasteiger partial charge on any atom is 0.251 e. The number of piperidine rings is 1. The third-order valence-corrected chi connectivity index (χ3v) is 6.87. The Morgan fingerprint density at radius 1 is 1.22 bits per heavy atom. The van der Waals surface area contributed by atoms with Gasteiger partial charge in [0.2, 0.25) is 5.91 Å². The molecule has 2 atom stereocenters. The molecule has 1 aliphatic heterocycles. The molecule has 3 aromatic rings. The normalized spacial score (nSPS) is 16.8. The summed E-state index contributed by atoms with van der Waals surface area (Å²) in [6.07, 6.45) is 2.98. The number of nitrogens with one attached hydrogen (secondary N) is 1. The first-order chi connectivity index (χ1) is 17.5. The van der Waals surface area contributed by atoms with Crippen LogP contribution in [-0.4, -0.2) is 65.7 Å². The lowest BCUT2D eigenvalue weighted by Crippen LogP contribution is -2.45. The Bertz CT molecular complexity index is 1180. The van der Waals surface area contributed by atoms with Crippen molar-refractivity contribution < 1.29 is 14.3 Å². The number of para-hydroxylation sites is 2. The van der Waals surface area contributed by atoms with Gasteiger partial charge in [-0.3, -0.25) is 9.59 Å². The van der Waals surface area contributed by atoms with E-state index in [9.17, 15) is 9.59 Å². The second-order valence-electron chi connectivity index (χ2n) is 9.32. The topological polar surface area (TPSA) is 102 Å². The number of hydrogen-bond donors (Lipinski definition) is 2. The number of rotatable bonds is 10. The molecule has 1 aliphatic rings. The van der Waals surface area contributed by atoms with E-state index in [2.05, 4.69) is 16.0 Å². The van der Waals surface area contributed by atoms with E-state index in [1.807, 2.05) is 23.1 Å². The van der Waals surface area contributed by atoms with E-state index < -0.39 is 6.04 Å². The maximum absolute atomic E-state index is 13.1. The predicted octanol–water partition coefficient (Wildman–Crippen LogP) is 3.58. The van der Waals surface area contributed by atoms with Gasteiger partial charge in [-0.25, -0.2) is 4.98 Å². The van der Waals surface area contributed by atoms with E-state index >= 15 is 0 Å². The number of ether oxygens (including phenoxy) is 1. The molecule has 1 saturated heterocycles. The second-order valence-corrected chi connectivity index (χ2v) is 9.75. The third kappa shape index (κ3) is 6.43. The first kappa shape index (κ1) is 26.1. The van der Waals surface area contributed by atoms with Gasteiger partial charge in [-0.1, -0.05) is 23.7 Å². The van der Waals surface area contributed by atoms with E-state index in [0.717, 1.165) is 42.7 Å². The lowest BCUT2D eigenvalue weighted by Gasteiger charge is -2.33. The van der Waals surface area contributed by atoms with Gasteiger partial charge >= 0.3 is 0 Å². The molecule has 2 heterocycles.